The van der Waals surface area contributed by atoms with Crippen molar-refractivity contribution in [3.8, 4) is 5.95 Å². The molecule has 4 aromatic rings. The summed E-state index contributed by atoms with van der Waals surface area (Å²) in [4.78, 5) is 20.2. The molecule has 0 aliphatic heterocycles. The fraction of sp³-hybridized carbons (Fsp3) is 0.143. The molecule has 0 saturated carbocycles. The minimum Gasteiger partial charge on any atom is -0.465 e. The lowest BCUT2D eigenvalue weighted by atomic mass is 10.0. The van der Waals surface area contributed by atoms with E-state index < -0.39 is 23.5 Å². The number of fused-ring (bicyclic) bond motifs is 1. The largest absolute Gasteiger partial charge is 0.465 e. The lowest BCUT2D eigenvalue weighted by molar-refractivity contribution is 0.203. The van der Waals surface area contributed by atoms with Gasteiger partial charge in [-0.3, -0.25) is 4.90 Å². The van der Waals surface area contributed by atoms with Crippen LogP contribution in [0.2, 0.25) is 0 Å². The summed E-state index contributed by atoms with van der Waals surface area (Å²) in [6.45, 7) is 1.50. The summed E-state index contributed by atoms with van der Waals surface area (Å²) in [5.41, 5.74) is 12.3. The van der Waals surface area contributed by atoms with E-state index in [2.05, 4.69) is 15.1 Å². The first-order chi connectivity index (χ1) is 15.6. The average molecular weight is 457 g/mol. The number of nitrogens with two attached hydrogens (primary N) is 2. The van der Waals surface area contributed by atoms with E-state index in [1.165, 1.54) is 42.9 Å². The third kappa shape index (κ3) is 3.75. The SMILES string of the molecule is Cc1ccc(F)c(Cc2nn(-c3nc(N)c(N(C)C(=O)O)c(N)n3)c3ccc(F)cc23)c1F. The van der Waals surface area contributed by atoms with Gasteiger partial charge in [0.1, 0.15) is 23.1 Å². The Morgan fingerprint density at radius 1 is 1.12 bits per heavy atom. The van der Waals surface area contributed by atoms with Gasteiger partial charge in [-0.2, -0.15) is 19.7 Å². The normalized spacial score (nSPS) is 11.2. The zero-order valence-electron chi connectivity index (χ0n) is 17.5. The van der Waals surface area contributed by atoms with E-state index in [4.69, 9.17) is 11.5 Å². The number of halogens is 3. The number of anilines is 3. The van der Waals surface area contributed by atoms with Gasteiger partial charge < -0.3 is 16.6 Å². The van der Waals surface area contributed by atoms with Gasteiger partial charge in [0.25, 0.3) is 5.95 Å². The molecule has 4 rings (SSSR count). The van der Waals surface area contributed by atoms with Gasteiger partial charge in [-0.1, -0.05) is 6.07 Å². The highest BCUT2D eigenvalue weighted by Gasteiger charge is 2.23. The Balaban J connectivity index is 1.89. The van der Waals surface area contributed by atoms with Gasteiger partial charge in [-0.15, -0.1) is 0 Å². The van der Waals surface area contributed by atoms with Crippen LogP contribution in [0.3, 0.4) is 0 Å². The minimum atomic E-state index is -1.32. The van der Waals surface area contributed by atoms with Crippen LogP contribution in [0.15, 0.2) is 30.3 Å². The molecule has 33 heavy (non-hydrogen) atoms. The van der Waals surface area contributed by atoms with Crippen LogP contribution < -0.4 is 16.4 Å². The summed E-state index contributed by atoms with van der Waals surface area (Å²) in [6, 6.07) is 6.23. The van der Waals surface area contributed by atoms with Gasteiger partial charge in [-0.05, 0) is 36.8 Å². The molecule has 0 aliphatic carbocycles. The zero-order chi connectivity index (χ0) is 24.0. The number of amides is 1. The second-order valence-corrected chi connectivity index (χ2v) is 7.34. The maximum atomic E-state index is 14.6. The summed E-state index contributed by atoms with van der Waals surface area (Å²) in [5.74, 6) is -2.65. The van der Waals surface area contributed by atoms with Crippen LogP contribution in [0.1, 0.15) is 16.8 Å². The smallest absolute Gasteiger partial charge is 0.411 e. The van der Waals surface area contributed by atoms with Gasteiger partial charge in [-0.25, -0.2) is 18.0 Å². The number of aryl methyl sites for hydroxylation is 1. The number of benzene rings is 2. The molecule has 12 heteroatoms. The molecule has 0 bridgehead atoms. The molecule has 0 atom stereocenters. The molecule has 0 aliphatic rings. The molecule has 5 N–H and O–H groups in total. The standard InChI is InChI=1S/C21H18F3N7O2/c1-9-3-5-13(23)11(16(9)24)8-14-12-7-10(22)4-6-15(12)31(29-14)20-27-18(25)17(19(26)28-20)30(2)21(32)33/h3-7H,8H2,1-2H3,(H,32,33)(H4,25,26,27,28). The third-order valence-electron chi connectivity index (χ3n) is 5.18. The van der Waals surface area contributed by atoms with E-state index in [1.807, 2.05) is 0 Å². The monoisotopic (exact) mass is 457 g/mol. The number of hydrogen-bond donors (Lipinski definition) is 3. The first-order valence-electron chi connectivity index (χ1n) is 9.59. The molecule has 2 aromatic carbocycles. The molecular formula is C21H18F3N7O2. The number of nitrogens with zero attached hydrogens (tertiary/aromatic N) is 5. The van der Waals surface area contributed by atoms with E-state index in [0.29, 0.717) is 5.52 Å². The van der Waals surface area contributed by atoms with Crippen LogP contribution in [0, 0.1) is 24.4 Å². The maximum Gasteiger partial charge on any atom is 0.411 e. The van der Waals surface area contributed by atoms with Crippen molar-refractivity contribution in [1.82, 2.24) is 19.7 Å². The van der Waals surface area contributed by atoms with E-state index in [1.54, 1.807) is 0 Å². The second-order valence-electron chi connectivity index (χ2n) is 7.34. The van der Waals surface area contributed by atoms with E-state index >= 15 is 0 Å². The molecule has 0 fully saturated rings. The number of carboxylic acid groups (broad SMARTS) is 1. The highest BCUT2D eigenvalue weighted by atomic mass is 19.1. The van der Waals surface area contributed by atoms with Crippen molar-refractivity contribution >= 4 is 34.3 Å². The number of rotatable bonds is 4. The molecule has 9 nitrogen and oxygen atoms in total. The second kappa shape index (κ2) is 7.97. The van der Waals surface area contributed by atoms with Gasteiger partial charge >= 0.3 is 6.09 Å². The maximum absolute atomic E-state index is 14.6. The Morgan fingerprint density at radius 3 is 2.42 bits per heavy atom. The van der Waals surface area contributed by atoms with Crippen LogP contribution in [0.4, 0.5) is 35.3 Å². The Labute approximate surface area is 185 Å². The fourth-order valence-corrected chi connectivity index (χ4v) is 3.49. The zero-order valence-corrected chi connectivity index (χ0v) is 17.5. The lowest BCUT2D eigenvalue weighted by Crippen LogP contribution is -2.27. The van der Waals surface area contributed by atoms with Crippen LogP contribution in [0.25, 0.3) is 16.9 Å². The number of carbonyl (C=O) groups is 1. The van der Waals surface area contributed by atoms with Crippen molar-refractivity contribution in [3.63, 3.8) is 0 Å². The molecule has 0 unspecified atom stereocenters. The highest BCUT2D eigenvalue weighted by molar-refractivity contribution is 5.93. The molecule has 0 saturated heterocycles. The first-order valence-corrected chi connectivity index (χ1v) is 9.59. The van der Waals surface area contributed by atoms with Crippen LogP contribution in [-0.4, -0.2) is 38.0 Å². The Hall–Kier alpha value is -4.35. The average Bonchev–Trinajstić information content (AvgIpc) is 3.10. The first kappa shape index (κ1) is 21.9. The minimum absolute atomic E-state index is 0.113. The van der Waals surface area contributed by atoms with E-state index in [9.17, 15) is 23.1 Å². The topological polar surface area (TPSA) is 136 Å². The van der Waals surface area contributed by atoms with Crippen molar-refractivity contribution in [2.45, 2.75) is 13.3 Å². The predicted octanol–water partition coefficient (Wildman–Crippen LogP) is 3.41. The van der Waals surface area contributed by atoms with Crippen LogP contribution in [-0.2, 0) is 6.42 Å². The number of hydrogen-bond acceptors (Lipinski definition) is 6. The van der Waals surface area contributed by atoms with Gasteiger partial charge in [0.15, 0.2) is 11.6 Å². The summed E-state index contributed by atoms with van der Waals surface area (Å²) in [7, 11) is 1.22. The third-order valence-corrected chi connectivity index (χ3v) is 5.18. The van der Waals surface area contributed by atoms with Crippen molar-refractivity contribution in [3.05, 3.63) is 64.6 Å². The molecule has 0 radical (unpaired) electrons. The van der Waals surface area contributed by atoms with Gasteiger partial charge in [0, 0.05) is 24.4 Å². The Morgan fingerprint density at radius 2 is 1.79 bits per heavy atom. The summed E-state index contributed by atoms with van der Waals surface area (Å²) < 4.78 is 44.2. The molecule has 2 heterocycles. The van der Waals surface area contributed by atoms with Crippen molar-refractivity contribution in [2.75, 3.05) is 23.4 Å². The number of aromatic nitrogens is 4. The lowest BCUT2D eigenvalue weighted by Gasteiger charge is -2.17. The Kier molecular flexibility index (Phi) is 5.28. The van der Waals surface area contributed by atoms with Crippen molar-refractivity contribution in [2.24, 2.45) is 0 Å². The molecule has 1 amide bonds. The van der Waals surface area contributed by atoms with Crippen LogP contribution in [0.5, 0.6) is 0 Å². The summed E-state index contributed by atoms with van der Waals surface area (Å²) in [5, 5.41) is 13.8. The molecule has 0 spiro atoms. The van der Waals surface area contributed by atoms with Gasteiger partial charge in [0.05, 0.1) is 11.2 Å². The van der Waals surface area contributed by atoms with E-state index in [0.717, 1.165) is 11.0 Å². The molecule has 2 aromatic heterocycles. The van der Waals surface area contributed by atoms with Crippen LogP contribution >= 0.6 is 0 Å². The predicted molar refractivity (Wildman–Crippen MR) is 116 cm³/mol. The summed E-state index contributed by atoms with van der Waals surface area (Å²) >= 11 is 0. The number of nitrogen functional groups attached to an aromatic ring is 2. The highest BCUT2D eigenvalue weighted by Crippen LogP contribution is 2.30. The van der Waals surface area contributed by atoms with Crippen molar-refractivity contribution in [1.29, 1.82) is 0 Å². The molecular weight excluding hydrogens is 439 g/mol. The quantitative estimate of drug-likeness (QED) is 0.427. The summed E-state index contributed by atoms with van der Waals surface area (Å²) in [6.07, 6.45) is -1.59. The van der Waals surface area contributed by atoms with E-state index in [-0.39, 0.29) is 51.9 Å². The van der Waals surface area contributed by atoms with Crippen molar-refractivity contribution < 1.29 is 23.1 Å². The fourth-order valence-electron chi connectivity index (χ4n) is 3.49. The van der Waals surface area contributed by atoms with Gasteiger partial charge in [0.2, 0.25) is 0 Å². The molecule has 170 valence electrons. The Bertz CT molecular complexity index is 1400.